The predicted molar refractivity (Wildman–Crippen MR) is 134 cm³/mol. The van der Waals surface area contributed by atoms with Crippen molar-refractivity contribution in [3.8, 4) is 5.75 Å². The number of amides is 3. The van der Waals surface area contributed by atoms with E-state index in [1.165, 1.54) is 29.2 Å². The molecule has 1 aliphatic carbocycles. The second kappa shape index (κ2) is 10.6. The van der Waals surface area contributed by atoms with E-state index >= 15 is 0 Å². The van der Waals surface area contributed by atoms with E-state index in [9.17, 15) is 23.9 Å². The zero-order valence-corrected chi connectivity index (χ0v) is 21.0. The molecule has 1 saturated carbocycles. The minimum Gasteiger partial charge on any atom is -0.465 e. The van der Waals surface area contributed by atoms with Gasteiger partial charge in [0.2, 0.25) is 5.91 Å². The normalized spacial score (nSPS) is 22.1. The van der Waals surface area contributed by atoms with Crippen molar-refractivity contribution in [2.75, 3.05) is 26.2 Å². The molecule has 2 saturated heterocycles. The van der Waals surface area contributed by atoms with Crippen LogP contribution in [0.3, 0.4) is 0 Å². The van der Waals surface area contributed by atoms with Crippen LogP contribution in [0.1, 0.15) is 37.2 Å². The minimum atomic E-state index is -0.963. The quantitative estimate of drug-likeness (QED) is 0.599. The smallest absolute Gasteiger partial charge is 0.415 e. The van der Waals surface area contributed by atoms with Gasteiger partial charge < -0.3 is 19.6 Å². The van der Waals surface area contributed by atoms with Crippen LogP contribution in [-0.2, 0) is 4.79 Å². The van der Waals surface area contributed by atoms with Gasteiger partial charge in [0.1, 0.15) is 11.6 Å². The number of carboxylic acid groups (broad SMARTS) is 1. The Labute approximate surface area is 219 Å². The SMILES string of the molecule is O=C(O)N1CCC(C(=O)N2C[C@@H](N(C(=O)Oc3ccc(F)cc3)C3CC3)[C@H](c3ccc(Cl)cc3)C2)CC1. The number of benzene rings is 2. The summed E-state index contributed by atoms with van der Waals surface area (Å²) in [6.45, 7) is 1.47. The van der Waals surface area contributed by atoms with Crippen molar-refractivity contribution in [1.82, 2.24) is 14.7 Å². The fourth-order valence-electron chi connectivity index (χ4n) is 5.43. The molecule has 5 rings (SSSR count). The summed E-state index contributed by atoms with van der Waals surface area (Å²) in [4.78, 5) is 43.1. The molecule has 3 fully saturated rings. The molecule has 0 unspecified atom stereocenters. The van der Waals surface area contributed by atoms with Gasteiger partial charge in [0.05, 0.1) is 6.04 Å². The lowest BCUT2D eigenvalue weighted by Crippen LogP contribution is -2.48. The van der Waals surface area contributed by atoms with Crippen LogP contribution in [0, 0.1) is 11.7 Å². The number of carbonyl (C=O) groups excluding carboxylic acids is 2. The third kappa shape index (κ3) is 5.66. The van der Waals surface area contributed by atoms with Gasteiger partial charge in [-0.15, -0.1) is 0 Å². The van der Waals surface area contributed by atoms with Crippen LogP contribution < -0.4 is 4.74 Å². The van der Waals surface area contributed by atoms with E-state index in [0.29, 0.717) is 44.0 Å². The van der Waals surface area contributed by atoms with E-state index in [1.54, 1.807) is 17.0 Å². The Hall–Kier alpha value is -3.33. The Balaban J connectivity index is 1.37. The highest BCUT2D eigenvalue weighted by Crippen LogP contribution is 2.39. The molecule has 8 nitrogen and oxygen atoms in total. The molecule has 3 aliphatic rings. The third-order valence-electron chi connectivity index (χ3n) is 7.54. The molecule has 0 spiro atoms. The maximum atomic E-state index is 13.5. The van der Waals surface area contributed by atoms with E-state index < -0.39 is 18.0 Å². The highest BCUT2D eigenvalue weighted by atomic mass is 35.5. The van der Waals surface area contributed by atoms with Gasteiger partial charge in [-0.1, -0.05) is 23.7 Å². The van der Waals surface area contributed by atoms with Crippen LogP contribution in [0.2, 0.25) is 5.02 Å². The maximum absolute atomic E-state index is 13.5. The summed E-state index contributed by atoms with van der Waals surface area (Å²) >= 11 is 6.12. The standard InChI is InChI=1S/C27H29ClFN3O5/c28-19-3-1-17(2-4-19)23-15-31(25(33)18-11-13-30(14-12-18)26(34)35)16-24(23)32(21-7-8-21)27(36)37-22-9-5-20(29)6-10-22/h1-6,9-10,18,21,23-24H,7-8,11-16H2,(H,34,35)/t23-,24+/m0/s1. The number of rotatable bonds is 5. The van der Waals surface area contributed by atoms with Gasteiger partial charge in [-0.2, -0.15) is 0 Å². The van der Waals surface area contributed by atoms with Gasteiger partial charge in [0.25, 0.3) is 0 Å². The van der Waals surface area contributed by atoms with E-state index in [-0.39, 0.29) is 35.6 Å². The molecule has 2 aliphatic heterocycles. The van der Waals surface area contributed by atoms with Crippen molar-refractivity contribution < 1.29 is 28.6 Å². The van der Waals surface area contributed by atoms with Crippen molar-refractivity contribution in [1.29, 1.82) is 0 Å². The Morgan fingerprint density at radius 3 is 2.16 bits per heavy atom. The van der Waals surface area contributed by atoms with Gasteiger partial charge in [-0.25, -0.2) is 14.0 Å². The topological polar surface area (TPSA) is 90.4 Å². The van der Waals surface area contributed by atoms with Crippen molar-refractivity contribution in [2.24, 2.45) is 5.92 Å². The maximum Gasteiger partial charge on any atom is 0.415 e. The molecule has 10 heteroatoms. The summed E-state index contributed by atoms with van der Waals surface area (Å²) in [6, 6.07) is 12.5. The summed E-state index contributed by atoms with van der Waals surface area (Å²) in [7, 11) is 0. The Bertz CT molecular complexity index is 1150. The lowest BCUT2D eigenvalue weighted by molar-refractivity contribution is -0.136. The van der Waals surface area contributed by atoms with Gasteiger partial charge in [-0.3, -0.25) is 9.69 Å². The molecule has 2 atom stereocenters. The van der Waals surface area contributed by atoms with Crippen molar-refractivity contribution in [2.45, 2.75) is 43.7 Å². The summed E-state index contributed by atoms with van der Waals surface area (Å²) in [5.74, 6) is -0.548. The van der Waals surface area contributed by atoms with Gasteiger partial charge >= 0.3 is 12.2 Å². The molecular formula is C27H29ClFN3O5. The first-order valence-electron chi connectivity index (χ1n) is 12.6. The van der Waals surface area contributed by atoms with Crippen LogP contribution in [0.15, 0.2) is 48.5 Å². The highest BCUT2D eigenvalue weighted by molar-refractivity contribution is 6.30. The summed E-state index contributed by atoms with van der Waals surface area (Å²) in [6.07, 6.45) is 1.19. The Morgan fingerprint density at radius 1 is 0.919 bits per heavy atom. The van der Waals surface area contributed by atoms with Crippen molar-refractivity contribution in [3.63, 3.8) is 0 Å². The molecule has 2 aromatic rings. The predicted octanol–water partition coefficient (Wildman–Crippen LogP) is 4.83. The second-order valence-electron chi connectivity index (χ2n) is 9.97. The van der Waals surface area contributed by atoms with Crippen LogP contribution >= 0.6 is 11.6 Å². The molecule has 0 bridgehead atoms. The van der Waals surface area contributed by atoms with E-state index in [1.807, 2.05) is 17.0 Å². The molecule has 1 N–H and O–H groups in total. The second-order valence-corrected chi connectivity index (χ2v) is 10.4. The molecule has 0 aromatic heterocycles. The lowest BCUT2D eigenvalue weighted by atomic mass is 9.93. The summed E-state index contributed by atoms with van der Waals surface area (Å²) in [5.41, 5.74) is 0.977. The molecule has 0 radical (unpaired) electrons. The number of hydrogen-bond donors (Lipinski definition) is 1. The Morgan fingerprint density at radius 2 is 1.57 bits per heavy atom. The number of piperidine rings is 1. The number of halogens is 2. The highest BCUT2D eigenvalue weighted by Gasteiger charge is 2.48. The van der Waals surface area contributed by atoms with Gasteiger partial charge in [0.15, 0.2) is 0 Å². The average Bonchev–Trinajstić information content (AvgIpc) is 3.63. The summed E-state index contributed by atoms with van der Waals surface area (Å²) < 4.78 is 19.0. The molecule has 196 valence electrons. The van der Waals surface area contributed by atoms with Crippen LogP contribution in [0.25, 0.3) is 0 Å². The number of likely N-dealkylation sites (tertiary alicyclic amines) is 2. The van der Waals surface area contributed by atoms with Crippen LogP contribution in [0.4, 0.5) is 14.0 Å². The van der Waals surface area contributed by atoms with Gasteiger partial charge in [0, 0.05) is 49.1 Å². The van der Waals surface area contributed by atoms with Crippen LogP contribution in [-0.4, -0.2) is 76.2 Å². The molecule has 2 aromatic carbocycles. The molecule has 37 heavy (non-hydrogen) atoms. The zero-order chi connectivity index (χ0) is 26.1. The Kier molecular flexibility index (Phi) is 7.24. The number of hydrogen-bond acceptors (Lipinski definition) is 4. The molecule has 2 heterocycles. The van der Waals surface area contributed by atoms with E-state index in [0.717, 1.165) is 18.4 Å². The fraction of sp³-hybridized carbons (Fsp3) is 0.444. The minimum absolute atomic E-state index is 0.00542. The molecular weight excluding hydrogens is 501 g/mol. The largest absolute Gasteiger partial charge is 0.465 e. The van der Waals surface area contributed by atoms with Gasteiger partial charge in [-0.05, 0) is 67.6 Å². The fourth-order valence-corrected chi connectivity index (χ4v) is 5.55. The van der Waals surface area contributed by atoms with Crippen molar-refractivity contribution >= 4 is 29.7 Å². The van der Waals surface area contributed by atoms with E-state index in [4.69, 9.17) is 16.3 Å². The first kappa shape index (κ1) is 25.3. The number of ether oxygens (including phenoxy) is 1. The first-order valence-corrected chi connectivity index (χ1v) is 13.0. The van der Waals surface area contributed by atoms with E-state index in [2.05, 4.69) is 0 Å². The summed E-state index contributed by atoms with van der Waals surface area (Å²) in [5, 5.41) is 9.84. The first-order chi connectivity index (χ1) is 17.8. The van der Waals surface area contributed by atoms with Crippen molar-refractivity contribution in [3.05, 3.63) is 64.9 Å². The zero-order valence-electron chi connectivity index (χ0n) is 20.3. The third-order valence-corrected chi connectivity index (χ3v) is 7.79. The van der Waals surface area contributed by atoms with Crippen LogP contribution in [0.5, 0.6) is 5.75 Å². The number of nitrogens with zero attached hydrogens (tertiary/aromatic N) is 3. The number of carbonyl (C=O) groups is 3. The average molecular weight is 530 g/mol. The lowest BCUT2D eigenvalue weighted by Gasteiger charge is -2.33. The monoisotopic (exact) mass is 529 g/mol. The molecule has 3 amide bonds.